The summed E-state index contributed by atoms with van der Waals surface area (Å²) in [6.07, 6.45) is 5.73. The number of likely N-dealkylation sites (N-methyl/N-ethyl adjacent to an activating group) is 1. The highest BCUT2D eigenvalue weighted by Gasteiger charge is 2.30. The summed E-state index contributed by atoms with van der Waals surface area (Å²) >= 11 is 1.37. The Balaban J connectivity index is 1.54. The molecule has 12 heteroatoms. The summed E-state index contributed by atoms with van der Waals surface area (Å²) in [5.74, 6) is 0.690. The molecule has 0 unspecified atom stereocenters. The minimum absolute atomic E-state index is 0.0227. The normalized spacial score (nSPS) is 16.6. The van der Waals surface area contributed by atoms with Gasteiger partial charge in [-0.1, -0.05) is 38.2 Å². The lowest BCUT2D eigenvalue weighted by Gasteiger charge is -2.34. The van der Waals surface area contributed by atoms with E-state index in [1.807, 2.05) is 13.1 Å². The van der Waals surface area contributed by atoms with Crippen molar-refractivity contribution in [1.29, 1.82) is 0 Å². The number of carbonyl (C=O) groups excluding carboxylic acids is 1. The number of methoxy groups -OCH3 is 1. The number of ketones is 1. The molecule has 0 spiro atoms. The van der Waals surface area contributed by atoms with E-state index in [1.165, 1.54) is 31.0 Å². The van der Waals surface area contributed by atoms with Gasteiger partial charge in [0.05, 0.1) is 6.61 Å². The van der Waals surface area contributed by atoms with Gasteiger partial charge in [0, 0.05) is 46.1 Å². The number of fused-ring (bicyclic) bond motifs is 2. The topological polar surface area (TPSA) is 118 Å². The minimum atomic E-state index is -3.66. The maximum Gasteiger partial charge on any atom is 0.302 e. The van der Waals surface area contributed by atoms with Crippen molar-refractivity contribution in [3.05, 3.63) is 46.2 Å². The van der Waals surface area contributed by atoms with Gasteiger partial charge in [-0.15, -0.1) is 0 Å². The minimum Gasteiger partial charge on any atom is -0.383 e. The lowest BCUT2D eigenvalue weighted by molar-refractivity contribution is 0.0969. The van der Waals surface area contributed by atoms with E-state index >= 15 is 0 Å². The highest BCUT2D eigenvalue weighted by molar-refractivity contribution is 7.90. The molecule has 0 saturated heterocycles. The van der Waals surface area contributed by atoms with Crippen molar-refractivity contribution in [2.75, 3.05) is 52.7 Å². The number of hydrogen-bond donors (Lipinski definition) is 1. The molecule has 0 fully saturated rings. The van der Waals surface area contributed by atoms with Crippen LogP contribution in [0.15, 0.2) is 24.4 Å². The number of nitrogens with one attached hydrogen (secondary N) is 1. The summed E-state index contributed by atoms with van der Waals surface area (Å²) < 4.78 is 33.2. The molecule has 0 saturated carbocycles. The first-order chi connectivity index (χ1) is 19.8. The zero-order valence-electron chi connectivity index (χ0n) is 25.8. The molecule has 42 heavy (non-hydrogen) atoms. The second-order valence-corrected chi connectivity index (χ2v) is 15.4. The van der Waals surface area contributed by atoms with Crippen LogP contribution in [-0.2, 0) is 27.8 Å². The van der Waals surface area contributed by atoms with Crippen molar-refractivity contribution in [3.8, 4) is 0 Å². The molecular weight excluding hydrogens is 573 g/mol. The van der Waals surface area contributed by atoms with Gasteiger partial charge < -0.3 is 9.64 Å². The number of anilines is 1. The number of pyridine rings is 2. The summed E-state index contributed by atoms with van der Waals surface area (Å²) in [5.41, 5.74) is 4.31. The zero-order chi connectivity index (χ0) is 30.7. The highest BCUT2D eigenvalue weighted by atomic mass is 32.2. The van der Waals surface area contributed by atoms with Gasteiger partial charge in [-0.25, -0.2) is 15.0 Å². The van der Waals surface area contributed by atoms with Crippen molar-refractivity contribution >= 4 is 43.5 Å². The SMILES string of the molecule is COCCN(C)CC[C@@H](CC(=O)c1nc2cc3c(nc2s1)CC[C@H](C(C)(C)C)C3)c1ccc(NS(=O)(=O)N(C)C)nc1. The predicted octanol–water partition coefficient (Wildman–Crippen LogP) is 4.78. The number of hydrogen-bond acceptors (Lipinski definition) is 9. The van der Waals surface area contributed by atoms with Gasteiger partial charge in [0.2, 0.25) is 0 Å². The first kappa shape index (κ1) is 32.4. The number of carbonyl (C=O) groups is 1. The van der Waals surface area contributed by atoms with Gasteiger partial charge in [-0.05, 0) is 79.8 Å². The zero-order valence-corrected chi connectivity index (χ0v) is 27.4. The van der Waals surface area contributed by atoms with Crippen LogP contribution in [0.1, 0.15) is 72.6 Å². The fraction of sp³-hybridized carbons (Fsp3) is 0.600. The molecule has 230 valence electrons. The molecule has 4 rings (SSSR count). The van der Waals surface area contributed by atoms with Crippen molar-refractivity contribution in [2.24, 2.45) is 11.3 Å². The fourth-order valence-electron chi connectivity index (χ4n) is 5.23. The molecule has 3 aromatic heterocycles. The molecule has 0 amide bonds. The Morgan fingerprint density at radius 1 is 1.19 bits per heavy atom. The summed E-state index contributed by atoms with van der Waals surface area (Å²) in [7, 11) is 2.95. The first-order valence-corrected chi connectivity index (χ1v) is 16.7. The van der Waals surface area contributed by atoms with Crippen LogP contribution in [-0.4, -0.2) is 86.3 Å². The van der Waals surface area contributed by atoms with Gasteiger partial charge in [0.1, 0.15) is 16.2 Å². The molecular formula is C30H44N6O4S2. The molecule has 3 heterocycles. The van der Waals surface area contributed by atoms with E-state index in [0.717, 1.165) is 64.7 Å². The molecule has 0 radical (unpaired) electrons. The van der Waals surface area contributed by atoms with Gasteiger partial charge >= 0.3 is 10.2 Å². The molecule has 10 nitrogen and oxygen atoms in total. The summed E-state index contributed by atoms with van der Waals surface area (Å²) in [6, 6.07) is 5.62. The maximum atomic E-state index is 13.6. The van der Waals surface area contributed by atoms with Crippen LogP contribution < -0.4 is 4.72 Å². The van der Waals surface area contributed by atoms with Crippen molar-refractivity contribution in [3.63, 3.8) is 0 Å². The fourth-order valence-corrected chi connectivity index (χ4v) is 6.69. The largest absolute Gasteiger partial charge is 0.383 e. The third kappa shape index (κ3) is 8.10. The van der Waals surface area contributed by atoms with Crippen molar-refractivity contribution in [1.82, 2.24) is 24.2 Å². The van der Waals surface area contributed by atoms with E-state index in [4.69, 9.17) is 14.7 Å². The second-order valence-electron chi connectivity index (χ2n) is 12.5. The van der Waals surface area contributed by atoms with Crippen LogP contribution in [0.3, 0.4) is 0 Å². The van der Waals surface area contributed by atoms with Gasteiger partial charge in [0.15, 0.2) is 10.8 Å². The molecule has 3 aromatic rings. The van der Waals surface area contributed by atoms with Crippen LogP contribution >= 0.6 is 11.3 Å². The van der Waals surface area contributed by atoms with Crippen molar-refractivity contribution in [2.45, 2.75) is 58.8 Å². The lowest BCUT2D eigenvalue weighted by atomic mass is 9.71. The van der Waals surface area contributed by atoms with Crippen LogP contribution in [0.5, 0.6) is 0 Å². The summed E-state index contributed by atoms with van der Waals surface area (Å²) in [4.78, 5) is 30.6. The van der Waals surface area contributed by atoms with E-state index in [1.54, 1.807) is 19.4 Å². The van der Waals surface area contributed by atoms with Crippen LogP contribution in [0.2, 0.25) is 0 Å². The first-order valence-electron chi connectivity index (χ1n) is 14.4. The van der Waals surface area contributed by atoms with Gasteiger partial charge in [-0.2, -0.15) is 12.7 Å². The molecule has 1 N–H and O–H groups in total. The molecule has 0 aromatic carbocycles. The Morgan fingerprint density at radius 3 is 2.60 bits per heavy atom. The average Bonchev–Trinajstić information content (AvgIpc) is 3.35. The number of ether oxygens (including phenoxy) is 1. The Bertz CT molecular complexity index is 1480. The van der Waals surface area contributed by atoms with E-state index in [0.29, 0.717) is 17.5 Å². The Hall–Kier alpha value is -2.51. The maximum absolute atomic E-state index is 13.6. The summed E-state index contributed by atoms with van der Waals surface area (Å²) in [5, 5.41) is 0.480. The number of thiazole rings is 1. The predicted molar refractivity (Wildman–Crippen MR) is 169 cm³/mol. The number of aryl methyl sites for hydroxylation is 1. The van der Waals surface area contributed by atoms with E-state index in [2.05, 4.69) is 41.4 Å². The highest BCUT2D eigenvalue weighted by Crippen LogP contribution is 2.38. The monoisotopic (exact) mass is 616 g/mol. The van der Waals surface area contributed by atoms with E-state index < -0.39 is 10.2 Å². The molecule has 0 aliphatic heterocycles. The van der Waals surface area contributed by atoms with E-state index in [-0.39, 0.29) is 29.4 Å². The average molecular weight is 617 g/mol. The smallest absolute Gasteiger partial charge is 0.302 e. The third-order valence-electron chi connectivity index (χ3n) is 8.15. The van der Waals surface area contributed by atoms with Gasteiger partial charge in [-0.3, -0.25) is 9.52 Å². The van der Waals surface area contributed by atoms with E-state index in [9.17, 15) is 13.2 Å². The lowest BCUT2D eigenvalue weighted by Crippen LogP contribution is -2.29. The standard InChI is InChI=1S/C30H44N6O4S2/c1-30(2,3)23-9-10-24-22(16-23)17-25-28(32-24)41-29(33-25)26(37)18-20(12-13-36(6)14-15-40-7)21-8-11-27(31-19-21)34-42(38,39)35(4)5/h8,11,17,19-20,23H,9-10,12-16,18H2,1-7H3,(H,31,34)/t20-,23-/m0/s1. The number of nitrogens with zero attached hydrogens (tertiary/aromatic N) is 5. The van der Waals surface area contributed by atoms with Crippen LogP contribution in [0, 0.1) is 11.3 Å². The third-order valence-corrected chi connectivity index (χ3v) is 10.6. The molecule has 0 bridgehead atoms. The van der Waals surface area contributed by atoms with Crippen LogP contribution in [0.4, 0.5) is 5.82 Å². The quantitative estimate of drug-likeness (QED) is 0.273. The number of aromatic nitrogens is 3. The Kier molecular flexibility index (Phi) is 10.4. The second kappa shape index (κ2) is 13.4. The van der Waals surface area contributed by atoms with Gasteiger partial charge in [0.25, 0.3) is 0 Å². The number of Topliss-reactive ketones (excluding diaryl/α,β-unsaturated/α-hetero) is 1. The Labute approximate surface area is 254 Å². The van der Waals surface area contributed by atoms with Crippen LogP contribution in [0.25, 0.3) is 10.3 Å². The van der Waals surface area contributed by atoms with Crippen molar-refractivity contribution < 1.29 is 17.9 Å². The summed E-state index contributed by atoms with van der Waals surface area (Å²) in [6.45, 7) is 9.06. The molecule has 1 aliphatic rings. The number of rotatable bonds is 13. The molecule has 2 atom stereocenters. The Morgan fingerprint density at radius 2 is 1.95 bits per heavy atom. The molecule has 1 aliphatic carbocycles.